The number of benzene rings is 2. The fourth-order valence-corrected chi connectivity index (χ4v) is 3.63. The molecule has 186 valence electrons. The van der Waals surface area contributed by atoms with Crippen LogP contribution in [-0.4, -0.2) is 50.4 Å². The van der Waals surface area contributed by atoms with Crippen molar-refractivity contribution < 1.29 is 37.3 Å². The number of hydrogen-bond donors (Lipinski definition) is 0. The van der Waals surface area contributed by atoms with Crippen molar-refractivity contribution in [2.75, 3.05) is 26.9 Å². The largest absolute Gasteiger partial charge is 0.493 e. The van der Waals surface area contributed by atoms with Crippen LogP contribution in [0.5, 0.6) is 28.7 Å². The van der Waals surface area contributed by atoms with Crippen molar-refractivity contribution in [3.63, 3.8) is 0 Å². The molecule has 3 rings (SSSR count). The van der Waals surface area contributed by atoms with E-state index in [4.69, 9.17) is 18.9 Å². The van der Waals surface area contributed by atoms with Crippen molar-refractivity contribution in [3.8, 4) is 28.7 Å². The van der Waals surface area contributed by atoms with Gasteiger partial charge >= 0.3 is 6.61 Å². The van der Waals surface area contributed by atoms with E-state index in [2.05, 4.69) is 4.74 Å². The van der Waals surface area contributed by atoms with Gasteiger partial charge in [0.2, 0.25) is 5.75 Å². The topological polar surface area (TPSA) is 66.5 Å². The number of carbonyl (C=O) groups excluding carboxylic acids is 1. The van der Waals surface area contributed by atoms with Crippen LogP contribution in [0, 0.1) is 0 Å². The molecular formula is C25H31F2NO6. The molecule has 0 heterocycles. The Hall–Kier alpha value is -3.23. The standard InChI is InChI=1S/C25H31F2NO6/c1-5-31-21-13-17(14-22(32-6-2)23(21)33-7-3)24(29)28(18-9-10-18)15-16-8-11-19(34-25(26)27)20(12-16)30-4/h8,11-14,18,25H,5-7,9-10,15H2,1-4H3. The van der Waals surface area contributed by atoms with Crippen LogP contribution in [0.15, 0.2) is 30.3 Å². The smallest absolute Gasteiger partial charge is 0.387 e. The molecule has 0 atom stereocenters. The molecule has 1 amide bonds. The second-order valence-electron chi connectivity index (χ2n) is 7.63. The van der Waals surface area contributed by atoms with Gasteiger partial charge in [-0.1, -0.05) is 6.07 Å². The Balaban J connectivity index is 1.92. The lowest BCUT2D eigenvalue weighted by Gasteiger charge is -2.24. The number of rotatable bonds is 13. The maximum Gasteiger partial charge on any atom is 0.387 e. The van der Waals surface area contributed by atoms with Gasteiger partial charge in [-0.2, -0.15) is 8.78 Å². The first-order valence-electron chi connectivity index (χ1n) is 11.4. The van der Waals surface area contributed by atoms with Crippen LogP contribution < -0.4 is 23.7 Å². The van der Waals surface area contributed by atoms with Crippen LogP contribution in [-0.2, 0) is 6.54 Å². The summed E-state index contributed by atoms with van der Waals surface area (Å²) in [5, 5.41) is 0. The van der Waals surface area contributed by atoms with Crippen LogP contribution in [0.4, 0.5) is 8.78 Å². The maximum atomic E-state index is 13.6. The zero-order valence-electron chi connectivity index (χ0n) is 19.9. The molecule has 0 saturated heterocycles. The lowest BCUT2D eigenvalue weighted by Crippen LogP contribution is -2.32. The highest BCUT2D eigenvalue weighted by atomic mass is 19.3. The highest BCUT2D eigenvalue weighted by Gasteiger charge is 2.34. The number of alkyl halides is 2. The van der Waals surface area contributed by atoms with E-state index in [0.29, 0.717) is 42.6 Å². The Labute approximate surface area is 198 Å². The van der Waals surface area contributed by atoms with E-state index >= 15 is 0 Å². The van der Waals surface area contributed by atoms with Gasteiger partial charge in [0.1, 0.15) is 0 Å². The Bertz CT molecular complexity index is 953. The molecule has 0 aromatic heterocycles. The lowest BCUT2D eigenvalue weighted by atomic mass is 10.1. The quantitative estimate of drug-likeness (QED) is 0.389. The first-order chi connectivity index (χ1) is 16.4. The molecule has 0 unspecified atom stereocenters. The van der Waals surface area contributed by atoms with Crippen LogP contribution in [0.25, 0.3) is 0 Å². The second-order valence-corrected chi connectivity index (χ2v) is 7.63. The third kappa shape index (κ3) is 6.21. The monoisotopic (exact) mass is 479 g/mol. The Kier molecular flexibility index (Phi) is 8.79. The van der Waals surface area contributed by atoms with Gasteiger partial charge in [-0.05, 0) is 63.4 Å². The summed E-state index contributed by atoms with van der Waals surface area (Å²) in [6.45, 7) is 4.15. The number of halogens is 2. The average molecular weight is 480 g/mol. The predicted octanol–water partition coefficient (Wildman–Crippen LogP) is 5.30. The first-order valence-corrected chi connectivity index (χ1v) is 11.4. The minimum absolute atomic E-state index is 0.0558. The molecule has 0 aliphatic heterocycles. The number of nitrogens with zero attached hydrogens (tertiary/aromatic N) is 1. The van der Waals surface area contributed by atoms with Gasteiger partial charge in [-0.15, -0.1) is 0 Å². The molecule has 0 N–H and O–H groups in total. The molecular weight excluding hydrogens is 448 g/mol. The second kappa shape index (κ2) is 11.8. The van der Waals surface area contributed by atoms with E-state index < -0.39 is 6.61 Å². The summed E-state index contributed by atoms with van der Waals surface area (Å²) in [6.07, 6.45) is 1.78. The zero-order valence-corrected chi connectivity index (χ0v) is 19.9. The average Bonchev–Trinajstić information content (AvgIpc) is 3.65. The summed E-state index contributed by atoms with van der Waals surface area (Å²) in [6, 6.07) is 8.12. The summed E-state index contributed by atoms with van der Waals surface area (Å²) in [5.41, 5.74) is 1.16. The number of amides is 1. The molecule has 1 aliphatic carbocycles. The van der Waals surface area contributed by atoms with Gasteiger partial charge in [0.25, 0.3) is 5.91 Å². The van der Waals surface area contributed by atoms with Gasteiger partial charge in [0.15, 0.2) is 23.0 Å². The van der Waals surface area contributed by atoms with Crippen molar-refractivity contribution in [1.29, 1.82) is 0 Å². The number of carbonyl (C=O) groups is 1. The van der Waals surface area contributed by atoms with Crippen molar-refractivity contribution in [1.82, 2.24) is 4.90 Å². The van der Waals surface area contributed by atoms with Crippen molar-refractivity contribution >= 4 is 5.91 Å². The molecule has 1 fully saturated rings. The van der Waals surface area contributed by atoms with Gasteiger partial charge < -0.3 is 28.6 Å². The summed E-state index contributed by atoms with van der Waals surface area (Å²) in [7, 11) is 1.38. The van der Waals surface area contributed by atoms with Crippen LogP contribution in [0.2, 0.25) is 0 Å². The SMILES string of the molecule is CCOc1cc(C(=O)N(Cc2ccc(OC(F)F)c(OC)c2)C2CC2)cc(OCC)c1OCC. The lowest BCUT2D eigenvalue weighted by molar-refractivity contribution is -0.0512. The van der Waals surface area contributed by atoms with Gasteiger partial charge in [-0.3, -0.25) is 4.79 Å². The van der Waals surface area contributed by atoms with Gasteiger partial charge in [-0.25, -0.2) is 0 Å². The van der Waals surface area contributed by atoms with Crippen molar-refractivity contribution in [2.24, 2.45) is 0 Å². The predicted molar refractivity (Wildman–Crippen MR) is 122 cm³/mol. The third-order valence-corrected chi connectivity index (χ3v) is 5.20. The van der Waals surface area contributed by atoms with Crippen molar-refractivity contribution in [3.05, 3.63) is 41.5 Å². The normalized spacial score (nSPS) is 12.9. The van der Waals surface area contributed by atoms with Crippen LogP contribution in [0.1, 0.15) is 49.5 Å². The van der Waals surface area contributed by atoms with E-state index in [-0.39, 0.29) is 30.0 Å². The van der Waals surface area contributed by atoms with E-state index in [1.807, 2.05) is 20.8 Å². The number of ether oxygens (including phenoxy) is 5. The van der Waals surface area contributed by atoms with Crippen LogP contribution in [0.3, 0.4) is 0 Å². The molecule has 1 saturated carbocycles. The van der Waals surface area contributed by atoms with E-state index in [1.54, 1.807) is 29.2 Å². The van der Waals surface area contributed by atoms with Gasteiger partial charge in [0, 0.05) is 18.2 Å². The molecule has 9 heteroatoms. The summed E-state index contributed by atoms with van der Waals surface area (Å²) >= 11 is 0. The Morgan fingerprint density at radius 1 is 0.941 bits per heavy atom. The maximum absolute atomic E-state index is 13.6. The molecule has 1 aliphatic rings. The summed E-state index contributed by atoms with van der Waals surface area (Å²) in [4.78, 5) is 15.4. The fourth-order valence-electron chi connectivity index (χ4n) is 3.63. The van der Waals surface area contributed by atoms with E-state index in [1.165, 1.54) is 13.2 Å². The zero-order chi connectivity index (χ0) is 24.7. The summed E-state index contributed by atoms with van der Waals surface area (Å²) < 4.78 is 52.2. The molecule has 2 aromatic rings. The van der Waals surface area contributed by atoms with Crippen molar-refractivity contribution in [2.45, 2.75) is 52.8 Å². The molecule has 0 radical (unpaired) electrons. The van der Waals surface area contributed by atoms with Crippen LogP contribution >= 0.6 is 0 Å². The molecule has 7 nitrogen and oxygen atoms in total. The minimum atomic E-state index is -2.96. The fraction of sp³-hybridized carbons (Fsp3) is 0.480. The van der Waals surface area contributed by atoms with Gasteiger partial charge in [0.05, 0.1) is 26.9 Å². The molecule has 0 spiro atoms. The third-order valence-electron chi connectivity index (χ3n) is 5.20. The number of methoxy groups -OCH3 is 1. The first kappa shape index (κ1) is 25.4. The minimum Gasteiger partial charge on any atom is -0.493 e. The number of hydrogen-bond acceptors (Lipinski definition) is 6. The highest BCUT2D eigenvalue weighted by molar-refractivity contribution is 5.96. The summed E-state index contributed by atoms with van der Waals surface area (Å²) in [5.74, 6) is 1.31. The Morgan fingerprint density at radius 3 is 2.06 bits per heavy atom. The molecule has 2 aromatic carbocycles. The highest BCUT2D eigenvalue weighted by Crippen LogP contribution is 2.40. The molecule has 34 heavy (non-hydrogen) atoms. The van der Waals surface area contributed by atoms with E-state index in [0.717, 1.165) is 18.4 Å². The molecule has 0 bridgehead atoms. The Morgan fingerprint density at radius 2 is 1.56 bits per heavy atom. The van der Waals surface area contributed by atoms with E-state index in [9.17, 15) is 13.6 Å².